The first-order valence-corrected chi connectivity index (χ1v) is 3.98. The zero-order valence-corrected chi connectivity index (χ0v) is 7.58. The molecule has 0 spiro atoms. The topological polar surface area (TPSA) is 54.5 Å². The first-order chi connectivity index (χ1) is 6.22. The number of hydrogen-bond acceptors (Lipinski definition) is 3. The first kappa shape index (κ1) is 8.02. The van der Waals surface area contributed by atoms with Crippen molar-refractivity contribution in [2.45, 2.75) is 0 Å². The Morgan fingerprint density at radius 2 is 2.38 bits per heavy atom. The number of fused-ring (bicyclic) bond motifs is 1. The van der Waals surface area contributed by atoms with E-state index in [4.69, 9.17) is 16.9 Å². The van der Waals surface area contributed by atoms with E-state index in [1.54, 1.807) is 24.0 Å². The van der Waals surface area contributed by atoms with Crippen molar-refractivity contribution < 1.29 is 0 Å². The van der Waals surface area contributed by atoms with E-state index in [1.165, 1.54) is 0 Å². The average molecular weight is 193 g/mol. The predicted molar refractivity (Wildman–Crippen MR) is 48.2 cm³/mol. The summed E-state index contributed by atoms with van der Waals surface area (Å²) in [5, 5.41) is 13.7. The number of nitrogens with zero attached hydrogens (tertiary/aromatic N) is 4. The summed E-state index contributed by atoms with van der Waals surface area (Å²) in [6, 6.07) is 3.64. The van der Waals surface area contributed by atoms with E-state index in [1.807, 2.05) is 6.07 Å². The molecule has 0 aliphatic heterocycles. The molecule has 0 atom stereocenters. The molecule has 0 aliphatic rings. The van der Waals surface area contributed by atoms with Crippen molar-refractivity contribution in [3.63, 3.8) is 0 Å². The fraction of sp³-hybridized carbons (Fsp3) is 0.125. The van der Waals surface area contributed by atoms with Crippen LogP contribution in [0.4, 0.5) is 0 Å². The van der Waals surface area contributed by atoms with Gasteiger partial charge in [0.05, 0.1) is 11.8 Å². The van der Waals surface area contributed by atoms with Crippen LogP contribution in [0, 0.1) is 11.3 Å². The van der Waals surface area contributed by atoms with Crippen LogP contribution in [0.3, 0.4) is 0 Å². The third kappa shape index (κ3) is 1.14. The summed E-state index contributed by atoms with van der Waals surface area (Å²) in [7, 11) is 1.78. The van der Waals surface area contributed by atoms with Crippen LogP contribution in [-0.2, 0) is 7.05 Å². The Morgan fingerprint density at radius 1 is 1.62 bits per heavy atom. The summed E-state index contributed by atoms with van der Waals surface area (Å²) in [4.78, 5) is 4.05. The van der Waals surface area contributed by atoms with Gasteiger partial charge in [-0.2, -0.15) is 10.4 Å². The van der Waals surface area contributed by atoms with E-state index in [2.05, 4.69) is 10.1 Å². The van der Waals surface area contributed by atoms with Crippen molar-refractivity contribution in [3.8, 4) is 6.07 Å². The van der Waals surface area contributed by atoms with Gasteiger partial charge in [-0.15, -0.1) is 0 Å². The summed E-state index contributed by atoms with van der Waals surface area (Å²) in [5.74, 6) is 0. The molecule has 2 aromatic rings. The molecule has 13 heavy (non-hydrogen) atoms. The van der Waals surface area contributed by atoms with Crippen molar-refractivity contribution in [2.24, 2.45) is 7.05 Å². The normalized spacial score (nSPS) is 10.2. The standard InChI is InChI=1S/C8H5ClN4/c1-13-8-6(4-11-13)2-5(3-10)7(9)12-8/h2,4H,1H3. The van der Waals surface area contributed by atoms with Gasteiger partial charge in [0, 0.05) is 12.4 Å². The largest absolute Gasteiger partial charge is 0.250 e. The number of aryl methyl sites for hydroxylation is 1. The van der Waals surface area contributed by atoms with E-state index < -0.39 is 0 Å². The second-order valence-electron chi connectivity index (χ2n) is 2.62. The van der Waals surface area contributed by atoms with Crippen molar-refractivity contribution in [1.29, 1.82) is 5.26 Å². The molecule has 0 bridgehead atoms. The summed E-state index contributed by atoms with van der Waals surface area (Å²) in [6.07, 6.45) is 1.65. The maximum absolute atomic E-state index is 8.68. The third-order valence-electron chi connectivity index (χ3n) is 1.78. The molecule has 2 heterocycles. The Kier molecular flexibility index (Phi) is 1.67. The highest BCUT2D eigenvalue weighted by Gasteiger charge is 2.06. The van der Waals surface area contributed by atoms with Crippen LogP contribution < -0.4 is 0 Å². The molecule has 0 saturated heterocycles. The minimum atomic E-state index is 0.221. The Hall–Kier alpha value is -1.60. The van der Waals surface area contributed by atoms with E-state index in [0.717, 1.165) is 5.39 Å². The molecule has 0 saturated carbocycles. The lowest BCUT2D eigenvalue weighted by atomic mass is 10.2. The van der Waals surface area contributed by atoms with Crippen molar-refractivity contribution in [1.82, 2.24) is 14.8 Å². The number of nitriles is 1. The smallest absolute Gasteiger partial charge is 0.159 e. The van der Waals surface area contributed by atoms with Gasteiger partial charge in [0.25, 0.3) is 0 Å². The molecule has 2 rings (SSSR count). The molecule has 0 aromatic carbocycles. The maximum Gasteiger partial charge on any atom is 0.159 e. The Morgan fingerprint density at radius 3 is 3.08 bits per heavy atom. The van der Waals surface area contributed by atoms with Gasteiger partial charge < -0.3 is 0 Å². The first-order valence-electron chi connectivity index (χ1n) is 3.60. The Bertz CT molecular complexity index is 509. The van der Waals surface area contributed by atoms with E-state index in [-0.39, 0.29) is 5.15 Å². The second kappa shape index (κ2) is 2.71. The lowest BCUT2D eigenvalue weighted by Gasteiger charge is -1.95. The zero-order valence-electron chi connectivity index (χ0n) is 6.82. The fourth-order valence-electron chi connectivity index (χ4n) is 1.13. The Labute approximate surface area is 79.4 Å². The second-order valence-corrected chi connectivity index (χ2v) is 2.98. The van der Waals surface area contributed by atoms with Crippen LogP contribution in [0.1, 0.15) is 5.56 Å². The lowest BCUT2D eigenvalue weighted by molar-refractivity contribution is 0.786. The number of rotatable bonds is 0. The van der Waals surface area contributed by atoms with Crippen LogP contribution in [0.2, 0.25) is 5.15 Å². The van der Waals surface area contributed by atoms with Gasteiger partial charge in [-0.1, -0.05) is 11.6 Å². The number of hydrogen-bond donors (Lipinski definition) is 0. The van der Waals surface area contributed by atoms with Gasteiger partial charge in [0.1, 0.15) is 11.2 Å². The molecule has 4 nitrogen and oxygen atoms in total. The number of aromatic nitrogens is 3. The van der Waals surface area contributed by atoms with Gasteiger partial charge in [-0.3, -0.25) is 4.68 Å². The van der Waals surface area contributed by atoms with Crippen LogP contribution in [-0.4, -0.2) is 14.8 Å². The minimum Gasteiger partial charge on any atom is -0.250 e. The van der Waals surface area contributed by atoms with E-state index >= 15 is 0 Å². The van der Waals surface area contributed by atoms with E-state index in [9.17, 15) is 0 Å². The van der Waals surface area contributed by atoms with Crippen LogP contribution >= 0.6 is 11.6 Å². The van der Waals surface area contributed by atoms with Gasteiger partial charge in [-0.05, 0) is 6.07 Å². The lowest BCUT2D eigenvalue weighted by Crippen LogP contribution is -1.92. The quantitative estimate of drug-likeness (QED) is 0.595. The number of pyridine rings is 1. The van der Waals surface area contributed by atoms with Gasteiger partial charge in [0.2, 0.25) is 0 Å². The minimum absolute atomic E-state index is 0.221. The monoisotopic (exact) mass is 192 g/mol. The molecule has 64 valence electrons. The van der Waals surface area contributed by atoms with Gasteiger partial charge in [-0.25, -0.2) is 4.98 Å². The van der Waals surface area contributed by atoms with Crippen LogP contribution in [0.5, 0.6) is 0 Å². The Balaban J connectivity index is 2.85. The molecule has 5 heteroatoms. The highest BCUT2D eigenvalue weighted by molar-refractivity contribution is 6.30. The van der Waals surface area contributed by atoms with E-state index in [0.29, 0.717) is 11.2 Å². The fourth-order valence-corrected chi connectivity index (χ4v) is 1.31. The van der Waals surface area contributed by atoms with Crippen LogP contribution in [0.15, 0.2) is 12.3 Å². The van der Waals surface area contributed by atoms with Crippen molar-refractivity contribution in [2.75, 3.05) is 0 Å². The summed E-state index contributed by atoms with van der Waals surface area (Å²) in [6.45, 7) is 0. The maximum atomic E-state index is 8.68. The summed E-state index contributed by atoms with van der Waals surface area (Å²) in [5.41, 5.74) is 1.06. The predicted octanol–water partition coefficient (Wildman–Crippen LogP) is 1.49. The highest BCUT2D eigenvalue weighted by atomic mass is 35.5. The zero-order chi connectivity index (χ0) is 9.42. The van der Waals surface area contributed by atoms with Crippen molar-refractivity contribution >= 4 is 22.6 Å². The third-order valence-corrected chi connectivity index (χ3v) is 2.07. The molecule has 0 unspecified atom stereocenters. The highest BCUT2D eigenvalue weighted by Crippen LogP contribution is 2.18. The molecule has 0 radical (unpaired) electrons. The van der Waals surface area contributed by atoms with Crippen LogP contribution in [0.25, 0.3) is 11.0 Å². The molecule has 0 aliphatic carbocycles. The molecular formula is C8H5ClN4. The van der Waals surface area contributed by atoms with Gasteiger partial charge in [0.15, 0.2) is 5.65 Å². The summed E-state index contributed by atoms with van der Waals surface area (Å²) >= 11 is 5.76. The molecule has 0 amide bonds. The van der Waals surface area contributed by atoms with Crippen molar-refractivity contribution in [3.05, 3.63) is 23.0 Å². The molecule has 0 fully saturated rings. The molecule has 2 aromatic heterocycles. The summed E-state index contributed by atoms with van der Waals surface area (Å²) < 4.78 is 1.61. The SMILES string of the molecule is Cn1ncc2cc(C#N)c(Cl)nc21. The van der Waals surface area contributed by atoms with Gasteiger partial charge >= 0.3 is 0 Å². The average Bonchev–Trinajstić information content (AvgIpc) is 2.47. The number of halogens is 1. The molecule has 0 N–H and O–H groups in total. The molecular weight excluding hydrogens is 188 g/mol.